The van der Waals surface area contributed by atoms with Crippen molar-refractivity contribution < 1.29 is 9.13 Å². The number of ether oxygens (including phenoxy) is 1. The number of nitrogens with one attached hydrogen (secondary N) is 1. The number of methoxy groups -OCH3 is 1. The molecule has 2 aromatic rings. The molecular formula is C17H19BrFNO. The van der Waals surface area contributed by atoms with Crippen molar-refractivity contribution >= 4 is 15.9 Å². The highest BCUT2D eigenvalue weighted by molar-refractivity contribution is 9.10. The lowest BCUT2D eigenvalue weighted by molar-refractivity contribution is 0.202. The normalized spacial score (nSPS) is 12.4. The van der Waals surface area contributed by atoms with Crippen LogP contribution in [0.4, 0.5) is 4.39 Å². The molecule has 1 atom stereocenters. The fraction of sp³-hybridized carbons (Fsp3) is 0.294. The van der Waals surface area contributed by atoms with Gasteiger partial charge >= 0.3 is 0 Å². The van der Waals surface area contributed by atoms with Crippen LogP contribution in [-0.4, -0.2) is 20.8 Å². The van der Waals surface area contributed by atoms with Gasteiger partial charge in [-0.25, -0.2) is 4.39 Å². The Morgan fingerprint density at radius 3 is 2.43 bits per heavy atom. The Kier molecular flexibility index (Phi) is 5.91. The van der Waals surface area contributed by atoms with Crippen LogP contribution in [0.3, 0.4) is 0 Å². The molecule has 21 heavy (non-hydrogen) atoms. The third-order valence-corrected chi connectivity index (χ3v) is 3.87. The van der Waals surface area contributed by atoms with Crippen molar-refractivity contribution in [3.63, 3.8) is 0 Å². The van der Waals surface area contributed by atoms with Gasteiger partial charge in [-0.1, -0.05) is 40.2 Å². The van der Waals surface area contributed by atoms with E-state index in [1.165, 1.54) is 11.6 Å². The summed E-state index contributed by atoms with van der Waals surface area (Å²) in [7, 11) is 3.58. The summed E-state index contributed by atoms with van der Waals surface area (Å²) in [5.74, 6) is -0.240. The maximum Gasteiger partial charge on any atom is 0.124 e. The molecule has 0 aliphatic rings. The highest BCUT2D eigenvalue weighted by atomic mass is 79.9. The van der Waals surface area contributed by atoms with Crippen molar-refractivity contribution in [1.29, 1.82) is 0 Å². The zero-order valence-electron chi connectivity index (χ0n) is 12.2. The molecule has 0 bridgehead atoms. The summed E-state index contributed by atoms with van der Waals surface area (Å²) in [6.45, 7) is 0.714. The summed E-state index contributed by atoms with van der Waals surface area (Å²) in [6, 6.07) is 13.3. The van der Waals surface area contributed by atoms with E-state index in [0.717, 1.165) is 22.0 Å². The van der Waals surface area contributed by atoms with Crippen molar-refractivity contribution in [2.45, 2.75) is 12.5 Å². The molecule has 0 heterocycles. The highest BCUT2D eigenvalue weighted by Crippen LogP contribution is 2.26. The highest BCUT2D eigenvalue weighted by Gasteiger charge is 2.13. The van der Waals surface area contributed by atoms with Crippen LogP contribution < -0.4 is 5.32 Å². The Hall–Kier alpha value is -1.23. The van der Waals surface area contributed by atoms with E-state index < -0.39 is 0 Å². The topological polar surface area (TPSA) is 21.3 Å². The molecule has 0 saturated carbocycles. The Morgan fingerprint density at radius 2 is 1.86 bits per heavy atom. The molecule has 1 N–H and O–H groups in total. The van der Waals surface area contributed by atoms with E-state index >= 15 is 0 Å². The third kappa shape index (κ3) is 4.37. The first kappa shape index (κ1) is 16.1. The second kappa shape index (κ2) is 7.69. The molecule has 1 unspecified atom stereocenters. The van der Waals surface area contributed by atoms with Crippen LogP contribution in [0.1, 0.15) is 22.7 Å². The molecular weight excluding hydrogens is 333 g/mol. The molecule has 0 radical (unpaired) electrons. The van der Waals surface area contributed by atoms with Crippen molar-refractivity contribution in [1.82, 2.24) is 5.32 Å². The molecule has 0 spiro atoms. The van der Waals surface area contributed by atoms with Gasteiger partial charge in [0.25, 0.3) is 0 Å². The smallest absolute Gasteiger partial charge is 0.124 e. The van der Waals surface area contributed by atoms with E-state index in [4.69, 9.17) is 4.74 Å². The fourth-order valence-corrected chi connectivity index (χ4v) is 2.85. The minimum absolute atomic E-state index is 0.0338. The van der Waals surface area contributed by atoms with Gasteiger partial charge in [0, 0.05) is 11.6 Å². The average Bonchev–Trinajstić information content (AvgIpc) is 2.46. The molecule has 4 heteroatoms. The van der Waals surface area contributed by atoms with Gasteiger partial charge in [0.2, 0.25) is 0 Å². The largest absolute Gasteiger partial charge is 0.384 e. The van der Waals surface area contributed by atoms with E-state index in [-0.39, 0.29) is 11.9 Å². The van der Waals surface area contributed by atoms with E-state index in [0.29, 0.717) is 6.61 Å². The zero-order valence-corrected chi connectivity index (χ0v) is 13.8. The molecule has 112 valence electrons. The minimum atomic E-state index is -0.240. The van der Waals surface area contributed by atoms with E-state index in [1.807, 2.05) is 13.1 Å². The Labute approximate surface area is 133 Å². The van der Waals surface area contributed by atoms with Gasteiger partial charge in [0.1, 0.15) is 5.82 Å². The lowest BCUT2D eigenvalue weighted by Crippen LogP contribution is -2.18. The molecule has 2 nitrogen and oxygen atoms in total. The number of hydrogen-bond donors (Lipinski definition) is 1. The molecule has 2 rings (SSSR count). The minimum Gasteiger partial charge on any atom is -0.384 e. The predicted molar refractivity (Wildman–Crippen MR) is 87.0 cm³/mol. The van der Waals surface area contributed by atoms with Crippen LogP contribution in [-0.2, 0) is 11.2 Å². The second-order valence-corrected chi connectivity index (χ2v) is 5.82. The Bertz CT molecular complexity index is 566. The van der Waals surface area contributed by atoms with Gasteiger partial charge in [0.15, 0.2) is 0 Å². The summed E-state index contributed by atoms with van der Waals surface area (Å²) < 4.78 is 19.4. The van der Waals surface area contributed by atoms with Crippen LogP contribution in [0.15, 0.2) is 46.9 Å². The molecule has 2 aromatic carbocycles. The number of hydrogen-bond acceptors (Lipinski definition) is 2. The summed E-state index contributed by atoms with van der Waals surface area (Å²) in [6.07, 6.45) is 0.895. The van der Waals surface area contributed by atoms with E-state index in [9.17, 15) is 4.39 Å². The third-order valence-electron chi connectivity index (χ3n) is 3.41. The van der Waals surface area contributed by atoms with Crippen molar-refractivity contribution in [2.24, 2.45) is 0 Å². The molecule has 0 fully saturated rings. The summed E-state index contributed by atoms with van der Waals surface area (Å²) in [4.78, 5) is 0. The Morgan fingerprint density at radius 1 is 1.14 bits per heavy atom. The van der Waals surface area contributed by atoms with Gasteiger partial charge in [0.05, 0.1) is 12.6 Å². The zero-order chi connectivity index (χ0) is 15.2. The maximum absolute atomic E-state index is 13.6. The first-order chi connectivity index (χ1) is 10.1. The van der Waals surface area contributed by atoms with Crippen molar-refractivity contribution in [2.75, 3.05) is 20.8 Å². The summed E-state index contributed by atoms with van der Waals surface area (Å²) in [5, 5.41) is 3.24. The Balaban J connectivity index is 2.24. The average molecular weight is 352 g/mol. The number of benzene rings is 2. The van der Waals surface area contributed by atoms with Crippen LogP contribution in [0.2, 0.25) is 0 Å². The lowest BCUT2D eigenvalue weighted by Gasteiger charge is -2.18. The molecule has 0 aliphatic carbocycles. The molecule has 0 aromatic heterocycles. The van der Waals surface area contributed by atoms with Crippen LogP contribution in [0, 0.1) is 5.82 Å². The lowest BCUT2D eigenvalue weighted by atomic mass is 9.97. The number of halogens is 2. The van der Waals surface area contributed by atoms with Gasteiger partial charge in [-0.05, 0) is 48.4 Å². The van der Waals surface area contributed by atoms with Crippen molar-refractivity contribution in [3.05, 3.63) is 69.4 Å². The molecule has 0 amide bonds. The van der Waals surface area contributed by atoms with E-state index in [1.54, 1.807) is 13.2 Å². The van der Waals surface area contributed by atoms with Crippen molar-refractivity contribution in [3.8, 4) is 0 Å². The van der Waals surface area contributed by atoms with Gasteiger partial charge in [-0.15, -0.1) is 0 Å². The fourth-order valence-electron chi connectivity index (χ4n) is 2.36. The van der Waals surface area contributed by atoms with E-state index in [2.05, 4.69) is 45.5 Å². The van der Waals surface area contributed by atoms with Gasteiger partial charge in [-0.2, -0.15) is 0 Å². The number of rotatable bonds is 6. The van der Waals surface area contributed by atoms with Crippen LogP contribution in [0.25, 0.3) is 0 Å². The summed E-state index contributed by atoms with van der Waals surface area (Å²) >= 11 is 3.34. The second-order valence-electron chi connectivity index (χ2n) is 4.91. The first-order valence-corrected chi connectivity index (χ1v) is 7.64. The standard InChI is InChI=1S/C17H19BrFNO/c1-20-17(14-9-15(18)11-16(19)10-14)13-5-3-12(4-6-13)7-8-21-2/h3-6,9-11,17,20H,7-8H2,1-2H3. The van der Waals surface area contributed by atoms with Crippen LogP contribution in [0.5, 0.6) is 0 Å². The van der Waals surface area contributed by atoms with Gasteiger partial charge < -0.3 is 10.1 Å². The first-order valence-electron chi connectivity index (χ1n) is 6.85. The van der Waals surface area contributed by atoms with Gasteiger partial charge in [-0.3, -0.25) is 0 Å². The summed E-state index contributed by atoms with van der Waals surface area (Å²) in [5.41, 5.74) is 3.24. The van der Waals surface area contributed by atoms with Crippen LogP contribution >= 0.6 is 15.9 Å². The predicted octanol–water partition coefficient (Wildman–Crippen LogP) is 4.09. The SMILES string of the molecule is CNC(c1ccc(CCOC)cc1)c1cc(F)cc(Br)c1. The monoisotopic (exact) mass is 351 g/mol. The molecule has 0 aliphatic heterocycles. The quantitative estimate of drug-likeness (QED) is 0.846. The maximum atomic E-state index is 13.6. The molecule has 0 saturated heterocycles.